The second kappa shape index (κ2) is 8.87. The fraction of sp³-hybridized carbons (Fsp3) is 0.636. The van der Waals surface area contributed by atoms with Gasteiger partial charge in [-0.2, -0.15) is 0 Å². The molecule has 0 fully saturated rings. The second-order valence-corrected chi connectivity index (χ2v) is 4.36. The van der Waals surface area contributed by atoms with Gasteiger partial charge in [-0.05, 0) is 13.3 Å². The van der Waals surface area contributed by atoms with E-state index in [0.29, 0.717) is 0 Å². The van der Waals surface area contributed by atoms with Gasteiger partial charge in [0.15, 0.2) is 0 Å². The van der Waals surface area contributed by atoms with Crippen LogP contribution in [0.4, 0.5) is 0 Å². The molecule has 0 aliphatic rings. The summed E-state index contributed by atoms with van der Waals surface area (Å²) in [5, 5.41) is 30.5. The van der Waals surface area contributed by atoms with Crippen LogP contribution in [-0.2, 0) is 19.2 Å². The lowest BCUT2D eigenvalue weighted by atomic mass is 10.1. The molecule has 0 saturated carbocycles. The number of aliphatic hydroxyl groups excluding tert-OH is 1. The highest BCUT2D eigenvalue weighted by molar-refractivity contribution is 5.92. The minimum absolute atomic E-state index is 0.163. The van der Waals surface area contributed by atoms with Crippen LogP contribution in [0, 0.1) is 0 Å². The van der Waals surface area contributed by atoms with E-state index in [1.807, 2.05) is 5.32 Å². The first kappa shape index (κ1) is 18.8. The van der Waals surface area contributed by atoms with Crippen LogP contribution in [0.3, 0.4) is 0 Å². The zero-order chi connectivity index (χ0) is 16.6. The maximum atomic E-state index is 11.9. The molecule has 0 unspecified atom stereocenters. The number of nitrogens with one attached hydrogen (secondary N) is 2. The van der Waals surface area contributed by atoms with Crippen molar-refractivity contribution in [2.75, 3.05) is 6.61 Å². The van der Waals surface area contributed by atoms with Crippen LogP contribution in [-0.4, -0.2) is 63.8 Å². The monoisotopic (exact) mass is 305 g/mol. The van der Waals surface area contributed by atoms with Gasteiger partial charge in [0.05, 0.1) is 12.5 Å². The maximum Gasteiger partial charge on any atom is 0.326 e. The zero-order valence-corrected chi connectivity index (χ0v) is 11.4. The average Bonchev–Trinajstić information content (AvgIpc) is 2.36. The van der Waals surface area contributed by atoms with E-state index in [9.17, 15) is 19.2 Å². The summed E-state index contributed by atoms with van der Waals surface area (Å²) in [5.41, 5.74) is 5.32. The van der Waals surface area contributed by atoms with E-state index < -0.39 is 54.9 Å². The summed E-state index contributed by atoms with van der Waals surface area (Å²) in [5.74, 6) is -4.49. The molecule has 0 aliphatic carbocycles. The number of aliphatic carboxylic acids is 2. The van der Waals surface area contributed by atoms with Crippen LogP contribution in [0.2, 0.25) is 0 Å². The van der Waals surface area contributed by atoms with Crippen molar-refractivity contribution in [2.45, 2.75) is 37.9 Å². The van der Waals surface area contributed by atoms with Crippen LogP contribution < -0.4 is 16.4 Å². The molecule has 21 heavy (non-hydrogen) atoms. The van der Waals surface area contributed by atoms with Gasteiger partial charge in [-0.15, -0.1) is 0 Å². The molecule has 0 aliphatic heterocycles. The molecule has 0 aromatic rings. The molecule has 0 aromatic heterocycles. The predicted octanol–water partition coefficient (Wildman–Crippen LogP) is -2.76. The Hall–Kier alpha value is -2.20. The van der Waals surface area contributed by atoms with Gasteiger partial charge in [0, 0.05) is 6.61 Å². The lowest BCUT2D eigenvalue weighted by Crippen LogP contribution is -2.54. The van der Waals surface area contributed by atoms with Crippen molar-refractivity contribution in [3.05, 3.63) is 0 Å². The first-order chi connectivity index (χ1) is 9.68. The van der Waals surface area contributed by atoms with Crippen LogP contribution in [0.5, 0.6) is 0 Å². The van der Waals surface area contributed by atoms with Crippen molar-refractivity contribution in [1.82, 2.24) is 10.6 Å². The average molecular weight is 305 g/mol. The van der Waals surface area contributed by atoms with Crippen molar-refractivity contribution < 1.29 is 34.5 Å². The number of carboxylic acids is 2. The molecule has 2 amide bonds. The molecule has 0 rings (SSSR count). The van der Waals surface area contributed by atoms with E-state index in [4.69, 9.17) is 21.1 Å². The number of amides is 2. The van der Waals surface area contributed by atoms with Crippen molar-refractivity contribution in [3.63, 3.8) is 0 Å². The molecule has 120 valence electrons. The SMILES string of the molecule is C[C@H](N)C(=O)N[C@@H](CCO)C(=O)N[C@@H](CC(=O)O)C(=O)O. The van der Waals surface area contributed by atoms with E-state index >= 15 is 0 Å². The van der Waals surface area contributed by atoms with Gasteiger partial charge in [0.25, 0.3) is 0 Å². The lowest BCUT2D eigenvalue weighted by molar-refractivity contribution is -0.147. The molecule has 0 heterocycles. The van der Waals surface area contributed by atoms with E-state index in [1.54, 1.807) is 0 Å². The molecule has 7 N–H and O–H groups in total. The topological polar surface area (TPSA) is 179 Å². The molecular formula is C11H19N3O7. The highest BCUT2D eigenvalue weighted by Crippen LogP contribution is 1.98. The minimum Gasteiger partial charge on any atom is -0.481 e. The smallest absolute Gasteiger partial charge is 0.326 e. The highest BCUT2D eigenvalue weighted by Gasteiger charge is 2.28. The molecular weight excluding hydrogens is 286 g/mol. The van der Waals surface area contributed by atoms with Crippen molar-refractivity contribution >= 4 is 23.8 Å². The fourth-order valence-corrected chi connectivity index (χ4v) is 1.35. The van der Waals surface area contributed by atoms with Gasteiger partial charge in [0.2, 0.25) is 11.8 Å². The largest absolute Gasteiger partial charge is 0.481 e. The predicted molar refractivity (Wildman–Crippen MR) is 69.1 cm³/mol. The Kier molecular flexibility index (Phi) is 7.94. The van der Waals surface area contributed by atoms with Crippen LogP contribution in [0.15, 0.2) is 0 Å². The van der Waals surface area contributed by atoms with Gasteiger partial charge in [-0.3, -0.25) is 14.4 Å². The summed E-state index contributed by atoms with van der Waals surface area (Å²) < 4.78 is 0. The number of nitrogens with two attached hydrogens (primary N) is 1. The van der Waals surface area contributed by atoms with Crippen LogP contribution in [0.25, 0.3) is 0 Å². The molecule has 0 bridgehead atoms. The number of carboxylic acid groups (broad SMARTS) is 2. The standard InChI is InChI=1S/C11H19N3O7/c1-5(12)9(18)13-6(2-3-15)10(19)14-7(11(20)21)4-8(16)17/h5-7,15H,2-4,12H2,1H3,(H,13,18)(H,14,19)(H,16,17)(H,20,21)/t5-,6-,7-/m0/s1. The van der Waals surface area contributed by atoms with Gasteiger partial charge < -0.3 is 31.7 Å². The lowest BCUT2D eigenvalue weighted by Gasteiger charge is -2.21. The van der Waals surface area contributed by atoms with E-state index in [-0.39, 0.29) is 6.42 Å². The van der Waals surface area contributed by atoms with Gasteiger partial charge in [-0.1, -0.05) is 0 Å². The maximum absolute atomic E-state index is 11.9. The Morgan fingerprint density at radius 3 is 1.95 bits per heavy atom. The van der Waals surface area contributed by atoms with E-state index in [1.165, 1.54) is 6.92 Å². The summed E-state index contributed by atoms with van der Waals surface area (Å²) in [6, 6.07) is -3.74. The molecule has 0 radical (unpaired) electrons. The van der Waals surface area contributed by atoms with Crippen LogP contribution in [0.1, 0.15) is 19.8 Å². The number of carbonyl (C=O) groups is 4. The summed E-state index contributed by atoms with van der Waals surface area (Å²) in [6.45, 7) is 0.946. The summed E-state index contributed by atoms with van der Waals surface area (Å²) in [7, 11) is 0. The summed E-state index contributed by atoms with van der Waals surface area (Å²) in [6.07, 6.45) is -0.974. The Morgan fingerprint density at radius 2 is 1.57 bits per heavy atom. The molecule has 10 heteroatoms. The highest BCUT2D eigenvalue weighted by atomic mass is 16.4. The van der Waals surface area contributed by atoms with Crippen molar-refractivity contribution in [2.24, 2.45) is 5.73 Å². The van der Waals surface area contributed by atoms with E-state index in [2.05, 4.69) is 5.32 Å². The van der Waals surface area contributed by atoms with Gasteiger partial charge in [0.1, 0.15) is 12.1 Å². The van der Waals surface area contributed by atoms with Crippen molar-refractivity contribution in [3.8, 4) is 0 Å². The Balaban J connectivity index is 4.82. The number of hydrogen-bond donors (Lipinski definition) is 6. The third kappa shape index (κ3) is 7.22. The first-order valence-electron chi connectivity index (χ1n) is 6.10. The zero-order valence-electron chi connectivity index (χ0n) is 11.4. The third-order valence-electron chi connectivity index (χ3n) is 2.46. The molecule has 3 atom stereocenters. The number of rotatable bonds is 9. The Bertz CT molecular complexity index is 411. The molecule has 10 nitrogen and oxygen atoms in total. The fourth-order valence-electron chi connectivity index (χ4n) is 1.35. The van der Waals surface area contributed by atoms with Crippen LogP contribution >= 0.6 is 0 Å². The minimum atomic E-state index is -1.64. The summed E-state index contributed by atoms with van der Waals surface area (Å²) in [4.78, 5) is 44.6. The number of hydrogen-bond acceptors (Lipinski definition) is 6. The quantitative estimate of drug-likeness (QED) is 0.265. The third-order valence-corrected chi connectivity index (χ3v) is 2.46. The van der Waals surface area contributed by atoms with Gasteiger partial charge in [-0.25, -0.2) is 4.79 Å². The normalized spacial score (nSPS) is 14.6. The number of carbonyl (C=O) groups excluding carboxylic acids is 2. The van der Waals surface area contributed by atoms with Gasteiger partial charge >= 0.3 is 11.9 Å². The molecule has 0 aromatic carbocycles. The van der Waals surface area contributed by atoms with Crippen molar-refractivity contribution in [1.29, 1.82) is 0 Å². The Labute approximate surface area is 120 Å². The Morgan fingerprint density at radius 1 is 1.05 bits per heavy atom. The molecule has 0 spiro atoms. The first-order valence-corrected chi connectivity index (χ1v) is 6.10. The molecule has 0 saturated heterocycles. The second-order valence-electron chi connectivity index (χ2n) is 4.36. The summed E-state index contributed by atoms with van der Waals surface area (Å²) >= 11 is 0. The number of aliphatic hydroxyl groups is 1. The van der Waals surface area contributed by atoms with E-state index in [0.717, 1.165) is 0 Å².